The Bertz CT molecular complexity index is 609. The first kappa shape index (κ1) is 15.0. The average molecular weight is 309 g/mol. The largest absolute Gasteiger partial charge is 0.381 e. The van der Waals surface area contributed by atoms with Gasteiger partial charge in [0.1, 0.15) is 0 Å². The van der Waals surface area contributed by atoms with E-state index in [4.69, 9.17) is 23.2 Å². The third-order valence-corrected chi connectivity index (χ3v) is 3.93. The lowest BCUT2D eigenvalue weighted by molar-refractivity contribution is 1.11. The minimum Gasteiger partial charge on any atom is -0.381 e. The minimum absolute atomic E-state index is 0.585. The standard InChI is InChI=1S/C16H18Cl2N2/c1-11-8-13(20(2)3)5-7-16(11)19-10-12-4-6-14(17)15(18)9-12/h4-9,19H,10H2,1-3H3. The van der Waals surface area contributed by atoms with Gasteiger partial charge in [-0.3, -0.25) is 0 Å². The Hall–Kier alpha value is -1.38. The second-order valence-electron chi connectivity index (χ2n) is 5.00. The van der Waals surface area contributed by atoms with Crippen molar-refractivity contribution in [3.05, 3.63) is 57.6 Å². The fourth-order valence-electron chi connectivity index (χ4n) is 1.97. The fraction of sp³-hybridized carbons (Fsp3) is 0.250. The van der Waals surface area contributed by atoms with E-state index in [9.17, 15) is 0 Å². The van der Waals surface area contributed by atoms with Crippen LogP contribution in [0.4, 0.5) is 11.4 Å². The third-order valence-electron chi connectivity index (χ3n) is 3.19. The summed E-state index contributed by atoms with van der Waals surface area (Å²) in [5, 5.41) is 4.60. The van der Waals surface area contributed by atoms with E-state index < -0.39 is 0 Å². The van der Waals surface area contributed by atoms with Crippen LogP contribution in [0.1, 0.15) is 11.1 Å². The minimum atomic E-state index is 0.585. The molecular weight excluding hydrogens is 291 g/mol. The maximum absolute atomic E-state index is 6.02. The topological polar surface area (TPSA) is 15.3 Å². The van der Waals surface area contributed by atoms with E-state index in [-0.39, 0.29) is 0 Å². The van der Waals surface area contributed by atoms with Crippen molar-refractivity contribution in [2.75, 3.05) is 24.3 Å². The van der Waals surface area contributed by atoms with Crippen molar-refractivity contribution in [2.24, 2.45) is 0 Å². The maximum atomic E-state index is 6.02. The van der Waals surface area contributed by atoms with Crippen molar-refractivity contribution in [3.63, 3.8) is 0 Å². The molecule has 0 fully saturated rings. The lowest BCUT2D eigenvalue weighted by Gasteiger charge is -2.16. The number of nitrogens with one attached hydrogen (secondary N) is 1. The monoisotopic (exact) mass is 308 g/mol. The fourth-order valence-corrected chi connectivity index (χ4v) is 2.29. The quantitative estimate of drug-likeness (QED) is 0.857. The molecule has 1 N–H and O–H groups in total. The molecule has 0 bridgehead atoms. The van der Waals surface area contributed by atoms with Gasteiger partial charge in [-0.2, -0.15) is 0 Å². The maximum Gasteiger partial charge on any atom is 0.0595 e. The Balaban J connectivity index is 2.09. The van der Waals surface area contributed by atoms with Gasteiger partial charge in [0.2, 0.25) is 0 Å². The van der Waals surface area contributed by atoms with Crippen LogP contribution in [0.25, 0.3) is 0 Å². The molecule has 0 spiro atoms. The zero-order chi connectivity index (χ0) is 14.7. The summed E-state index contributed by atoms with van der Waals surface area (Å²) in [4.78, 5) is 2.09. The van der Waals surface area contributed by atoms with Crippen LogP contribution in [0.5, 0.6) is 0 Å². The lowest BCUT2D eigenvalue weighted by Crippen LogP contribution is -2.09. The Morgan fingerprint density at radius 3 is 2.35 bits per heavy atom. The van der Waals surface area contributed by atoms with Crippen molar-refractivity contribution in [1.82, 2.24) is 0 Å². The van der Waals surface area contributed by atoms with E-state index in [0.29, 0.717) is 10.0 Å². The first-order valence-corrected chi connectivity index (χ1v) is 7.19. The van der Waals surface area contributed by atoms with Crippen LogP contribution in [0.2, 0.25) is 10.0 Å². The number of aryl methyl sites for hydroxylation is 1. The van der Waals surface area contributed by atoms with Gasteiger partial charge in [0.25, 0.3) is 0 Å². The van der Waals surface area contributed by atoms with E-state index in [0.717, 1.165) is 17.8 Å². The number of nitrogens with zero attached hydrogens (tertiary/aromatic N) is 1. The van der Waals surface area contributed by atoms with Gasteiger partial charge in [-0.15, -0.1) is 0 Å². The summed E-state index contributed by atoms with van der Waals surface area (Å²) in [6.07, 6.45) is 0. The molecule has 4 heteroatoms. The van der Waals surface area contributed by atoms with Crippen LogP contribution >= 0.6 is 23.2 Å². The molecule has 2 nitrogen and oxygen atoms in total. The molecule has 0 saturated heterocycles. The first-order valence-electron chi connectivity index (χ1n) is 6.43. The number of anilines is 2. The Morgan fingerprint density at radius 2 is 1.75 bits per heavy atom. The van der Waals surface area contributed by atoms with Gasteiger partial charge >= 0.3 is 0 Å². The lowest BCUT2D eigenvalue weighted by atomic mass is 10.1. The summed E-state index contributed by atoms with van der Waals surface area (Å²) in [5.41, 5.74) is 4.65. The summed E-state index contributed by atoms with van der Waals surface area (Å²) < 4.78 is 0. The Morgan fingerprint density at radius 1 is 1.00 bits per heavy atom. The van der Waals surface area contributed by atoms with Gasteiger partial charge in [-0.25, -0.2) is 0 Å². The zero-order valence-corrected chi connectivity index (χ0v) is 13.4. The molecular formula is C16H18Cl2N2. The number of hydrogen-bond donors (Lipinski definition) is 1. The first-order chi connectivity index (χ1) is 9.47. The molecule has 0 saturated carbocycles. The predicted molar refractivity (Wildman–Crippen MR) is 89.3 cm³/mol. The number of halogens is 2. The predicted octanol–water partition coefficient (Wildman–Crippen LogP) is 4.98. The Kier molecular flexibility index (Phi) is 4.79. The second kappa shape index (κ2) is 6.38. The molecule has 0 aliphatic heterocycles. The van der Waals surface area contributed by atoms with Crippen LogP contribution in [0.15, 0.2) is 36.4 Å². The molecule has 0 unspecified atom stereocenters. The van der Waals surface area contributed by atoms with E-state index in [1.165, 1.54) is 11.3 Å². The van der Waals surface area contributed by atoms with E-state index in [2.05, 4.69) is 35.3 Å². The van der Waals surface area contributed by atoms with Crippen LogP contribution in [-0.4, -0.2) is 14.1 Å². The van der Waals surface area contributed by atoms with Crippen LogP contribution < -0.4 is 10.2 Å². The zero-order valence-electron chi connectivity index (χ0n) is 11.9. The van der Waals surface area contributed by atoms with Crippen molar-refractivity contribution in [1.29, 1.82) is 0 Å². The molecule has 0 radical (unpaired) electrons. The highest BCUT2D eigenvalue weighted by Crippen LogP contribution is 2.24. The molecule has 0 heterocycles. The smallest absolute Gasteiger partial charge is 0.0595 e. The van der Waals surface area contributed by atoms with Crippen molar-refractivity contribution in [2.45, 2.75) is 13.5 Å². The summed E-state index contributed by atoms with van der Waals surface area (Å²) in [5.74, 6) is 0. The molecule has 2 rings (SSSR count). The molecule has 0 aliphatic rings. The average Bonchev–Trinajstić information content (AvgIpc) is 2.41. The number of benzene rings is 2. The Labute approximate surface area is 130 Å². The molecule has 2 aromatic carbocycles. The number of hydrogen-bond acceptors (Lipinski definition) is 2. The molecule has 0 aromatic heterocycles. The van der Waals surface area contributed by atoms with Gasteiger partial charge in [0, 0.05) is 32.0 Å². The van der Waals surface area contributed by atoms with Crippen molar-refractivity contribution < 1.29 is 0 Å². The second-order valence-corrected chi connectivity index (χ2v) is 5.81. The van der Waals surface area contributed by atoms with Gasteiger partial charge in [-0.05, 0) is 48.4 Å². The summed E-state index contributed by atoms with van der Waals surface area (Å²) in [6, 6.07) is 12.1. The highest BCUT2D eigenvalue weighted by Gasteiger charge is 2.03. The third kappa shape index (κ3) is 3.59. The molecule has 2 aromatic rings. The summed E-state index contributed by atoms with van der Waals surface area (Å²) in [7, 11) is 4.08. The van der Waals surface area contributed by atoms with Crippen LogP contribution in [0.3, 0.4) is 0 Å². The van der Waals surface area contributed by atoms with Gasteiger partial charge in [0.05, 0.1) is 10.0 Å². The molecule has 0 atom stereocenters. The van der Waals surface area contributed by atoms with E-state index in [1.54, 1.807) is 0 Å². The van der Waals surface area contributed by atoms with Crippen LogP contribution in [-0.2, 0) is 6.54 Å². The van der Waals surface area contributed by atoms with E-state index in [1.807, 2.05) is 32.3 Å². The van der Waals surface area contributed by atoms with Gasteiger partial charge in [0.15, 0.2) is 0 Å². The van der Waals surface area contributed by atoms with Crippen LogP contribution in [0, 0.1) is 6.92 Å². The van der Waals surface area contributed by atoms with Gasteiger partial charge < -0.3 is 10.2 Å². The normalized spacial score (nSPS) is 10.4. The summed E-state index contributed by atoms with van der Waals surface area (Å²) in [6.45, 7) is 2.82. The van der Waals surface area contributed by atoms with Crippen molar-refractivity contribution in [3.8, 4) is 0 Å². The van der Waals surface area contributed by atoms with Crippen molar-refractivity contribution >= 4 is 34.6 Å². The molecule has 20 heavy (non-hydrogen) atoms. The van der Waals surface area contributed by atoms with Gasteiger partial charge in [-0.1, -0.05) is 29.3 Å². The van der Waals surface area contributed by atoms with E-state index >= 15 is 0 Å². The highest BCUT2D eigenvalue weighted by molar-refractivity contribution is 6.42. The molecule has 0 aliphatic carbocycles. The molecule has 106 valence electrons. The number of rotatable bonds is 4. The summed E-state index contributed by atoms with van der Waals surface area (Å²) >= 11 is 11.9. The highest BCUT2D eigenvalue weighted by atomic mass is 35.5. The molecule has 0 amide bonds. The SMILES string of the molecule is Cc1cc(N(C)C)ccc1NCc1ccc(Cl)c(Cl)c1.